The van der Waals surface area contributed by atoms with Crippen molar-refractivity contribution in [3.05, 3.63) is 46.1 Å². The minimum atomic E-state index is -0.118. The number of rotatable bonds is 2. The highest BCUT2D eigenvalue weighted by atomic mass is 79.9. The molecule has 0 radical (unpaired) electrons. The van der Waals surface area contributed by atoms with Gasteiger partial charge in [0.15, 0.2) is 0 Å². The first-order valence-electron chi connectivity index (χ1n) is 5.18. The van der Waals surface area contributed by atoms with Crippen LogP contribution in [-0.4, -0.2) is 24.9 Å². The molecule has 1 N–H and O–H groups in total. The molecule has 1 aliphatic heterocycles. The molecular formula is C12H13BrN2O2. The highest BCUT2D eigenvalue weighted by Gasteiger charge is 2.17. The van der Waals surface area contributed by atoms with Gasteiger partial charge in [0.25, 0.3) is 5.91 Å². The largest absolute Gasteiger partial charge is 0.345 e. The van der Waals surface area contributed by atoms with Crippen molar-refractivity contribution in [2.75, 3.05) is 14.1 Å². The minimum Gasteiger partial charge on any atom is -0.345 e. The first kappa shape index (κ1) is 12.1. The van der Waals surface area contributed by atoms with E-state index in [4.69, 9.17) is 4.84 Å². The first-order chi connectivity index (χ1) is 8.08. The van der Waals surface area contributed by atoms with E-state index in [1.54, 1.807) is 31.1 Å². The van der Waals surface area contributed by atoms with Crippen LogP contribution in [0.5, 0.6) is 0 Å². The maximum atomic E-state index is 11.7. The Kier molecular flexibility index (Phi) is 3.49. The normalized spacial score (nSPS) is 18.5. The molecule has 0 bridgehead atoms. The predicted octanol–water partition coefficient (Wildman–Crippen LogP) is 2.20. The van der Waals surface area contributed by atoms with E-state index in [-0.39, 0.29) is 12.0 Å². The zero-order valence-corrected chi connectivity index (χ0v) is 11.2. The number of benzene rings is 1. The lowest BCUT2D eigenvalue weighted by atomic mass is 10.1. The molecular weight excluding hydrogens is 284 g/mol. The van der Waals surface area contributed by atoms with Crippen LogP contribution in [0.2, 0.25) is 0 Å². The van der Waals surface area contributed by atoms with Crippen molar-refractivity contribution in [1.29, 1.82) is 0 Å². The van der Waals surface area contributed by atoms with Gasteiger partial charge in [0, 0.05) is 19.7 Å². The number of carbonyl (C=O) groups is 1. The Morgan fingerprint density at radius 1 is 1.35 bits per heavy atom. The van der Waals surface area contributed by atoms with Gasteiger partial charge in [-0.3, -0.25) is 15.1 Å². The summed E-state index contributed by atoms with van der Waals surface area (Å²) in [6.07, 6.45) is 1.80. The van der Waals surface area contributed by atoms with E-state index in [9.17, 15) is 4.79 Å². The Morgan fingerprint density at radius 2 is 2.00 bits per heavy atom. The molecule has 1 heterocycles. The Balaban J connectivity index is 2.16. The third-order valence-electron chi connectivity index (χ3n) is 2.47. The number of hydroxylamine groups is 1. The van der Waals surface area contributed by atoms with Crippen molar-refractivity contribution < 1.29 is 9.63 Å². The number of carbonyl (C=O) groups excluding carboxylic acids is 1. The van der Waals surface area contributed by atoms with Crippen molar-refractivity contribution in [2.45, 2.75) is 6.10 Å². The fraction of sp³-hybridized carbons (Fsp3) is 0.250. The number of amides is 1. The monoisotopic (exact) mass is 296 g/mol. The topological polar surface area (TPSA) is 41.6 Å². The number of hydrogen-bond acceptors (Lipinski definition) is 3. The van der Waals surface area contributed by atoms with Gasteiger partial charge in [0.05, 0.1) is 0 Å². The van der Waals surface area contributed by atoms with Gasteiger partial charge in [0.2, 0.25) is 0 Å². The molecule has 5 heteroatoms. The zero-order chi connectivity index (χ0) is 12.4. The van der Waals surface area contributed by atoms with Crippen molar-refractivity contribution >= 4 is 21.8 Å². The average Bonchev–Trinajstić information content (AvgIpc) is 2.75. The Labute approximate surface area is 108 Å². The highest BCUT2D eigenvalue weighted by Crippen LogP contribution is 2.26. The molecule has 0 saturated heterocycles. The summed E-state index contributed by atoms with van der Waals surface area (Å²) in [6.45, 7) is 0. The van der Waals surface area contributed by atoms with Crippen LogP contribution in [-0.2, 0) is 4.84 Å². The summed E-state index contributed by atoms with van der Waals surface area (Å²) in [7, 11) is 3.47. The van der Waals surface area contributed by atoms with Crippen molar-refractivity contribution in [3.8, 4) is 0 Å². The second-order valence-corrected chi connectivity index (χ2v) is 4.83. The highest BCUT2D eigenvalue weighted by molar-refractivity contribution is 9.11. The van der Waals surface area contributed by atoms with Crippen molar-refractivity contribution in [3.63, 3.8) is 0 Å². The molecule has 0 aromatic heterocycles. The molecule has 0 aliphatic carbocycles. The Bertz CT molecular complexity index is 454. The van der Waals surface area contributed by atoms with E-state index >= 15 is 0 Å². The van der Waals surface area contributed by atoms with Crippen LogP contribution < -0.4 is 5.48 Å². The molecule has 4 nitrogen and oxygen atoms in total. The van der Waals surface area contributed by atoms with Crippen LogP contribution in [0.15, 0.2) is 34.9 Å². The Morgan fingerprint density at radius 3 is 2.47 bits per heavy atom. The standard InChI is InChI=1S/C12H13BrN2O2/c1-15(2)12(16)9-5-3-8(4-6-9)10-7-11(13)14-17-10/h3-7,10,14H,1-2H3. The summed E-state index contributed by atoms with van der Waals surface area (Å²) >= 11 is 3.30. The molecule has 1 aromatic rings. The number of nitrogens with zero attached hydrogens (tertiary/aromatic N) is 1. The fourth-order valence-electron chi connectivity index (χ4n) is 1.56. The van der Waals surface area contributed by atoms with Gasteiger partial charge in [-0.15, -0.1) is 0 Å². The van der Waals surface area contributed by atoms with Gasteiger partial charge >= 0.3 is 0 Å². The number of nitrogens with one attached hydrogen (secondary N) is 1. The lowest BCUT2D eigenvalue weighted by Crippen LogP contribution is -2.21. The van der Waals surface area contributed by atoms with Gasteiger partial charge in [-0.2, -0.15) is 0 Å². The number of halogens is 1. The fourth-order valence-corrected chi connectivity index (χ4v) is 1.89. The molecule has 17 heavy (non-hydrogen) atoms. The molecule has 0 saturated carbocycles. The molecule has 1 aliphatic rings. The summed E-state index contributed by atoms with van der Waals surface area (Å²) in [4.78, 5) is 18.6. The SMILES string of the molecule is CN(C)C(=O)c1ccc(C2C=C(Br)NO2)cc1. The van der Waals surface area contributed by atoms with Crippen LogP contribution in [0.3, 0.4) is 0 Å². The van der Waals surface area contributed by atoms with Gasteiger partial charge in [-0.05, 0) is 39.7 Å². The van der Waals surface area contributed by atoms with Crippen LogP contribution in [0.4, 0.5) is 0 Å². The molecule has 1 unspecified atom stereocenters. The van der Waals surface area contributed by atoms with Gasteiger partial charge < -0.3 is 4.90 Å². The Hall–Kier alpha value is -1.33. The number of hydrogen-bond donors (Lipinski definition) is 1. The molecule has 1 amide bonds. The van der Waals surface area contributed by atoms with E-state index in [2.05, 4.69) is 21.4 Å². The van der Waals surface area contributed by atoms with Gasteiger partial charge in [-0.25, -0.2) is 0 Å². The average molecular weight is 297 g/mol. The van der Waals surface area contributed by atoms with Crippen molar-refractivity contribution in [1.82, 2.24) is 10.4 Å². The molecule has 2 rings (SSSR count). The summed E-state index contributed by atoms with van der Waals surface area (Å²) < 4.78 is 0.816. The van der Waals surface area contributed by atoms with Gasteiger partial charge in [-0.1, -0.05) is 12.1 Å². The summed E-state index contributed by atoms with van der Waals surface area (Å²) in [5, 5.41) is 0. The van der Waals surface area contributed by atoms with Crippen LogP contribution in [0, 0.1) is 0 Å². The minimum absolute atomic E-state index is 0.00117. The second kappa shape index (κ2) is 4.89. The van der Waals surface area contributed by atoms with Crippen LogP contribution >= 0.6 is 15.9 Å². The first-order valence-corrected chi connectivity index (χ1v) is 5.98. The smallest absolute Gasteiger partial charge is 0.253 e. The molecule has 90 valence electrons. The quantitative estimate of drug-likeness (QED) is 0.851. The van der Waals surface area contributed by atoms with E-state index < -0.39 is 0 Å². The van der Waals surface area contributed by atoms with E-state index in [1.807, 2.05) is 18.2 Å². The second-order valence-electron chi connectivity index (χ2n) is 3.98. The molecule has 0 fully saturated rings. The maximum Gasteiger partial charge on any atom is 0.253 e. The zero-order valence-electron chi connectivity index (χ0n) is 9.61. The lowest BCUT2D eigenvalue weighted by Gasteiger charge is -2.11. The van der Waals surface area contributed by atoms with Crippen LogP contribution in [0.25, 0.3) is 0 Å². The van der Waals surface area contributed by atoms with E-state index in [0.717, 1.165) is 10.2 Å². The summed E-state index contributed by atoms with van der Waals surface area (Å²) in [5.74, 6) is -0.00117. The molecule has 0 spiro atoms. The van der Waals surface area contributed by atoms with E-state index in [0.29, 0.717) is 5.56 Å². The van der Waals surface area contributed by atoms with Gasteiger partial charge in [0.1, 0.15) is 10.7 Å². The third-order valence-corrected chi connectivity index (χ3v) is 2.90. The summed E-state index contributed by atoms with van der Waals surface area (Å²) in [6, 6.07) is 7.40. The third kappa shape index (κ3) is 2.68. The molecule has 1 aromatic carbocycles. The molecule has 1 atom stereocenters. The maximum absolute atomic E-state index is 11.7. The van der Waals surface area contributed by atoms with E-state index in [1.165, 1.54) is 0 Å². The lowest BCUT2D eigenvalue weighted by molar-refractivity contribution is 0.0457. The van der Waals surface area contributed by atoms with Crippen molar-refractivity contribution in [2.24, 2.45) is 0 Å². The predicted molar refractivity (Wildman–Crippen MR) is 68.4 cm³/mol. The van der Waals surface area contributed by atoms with Crippen LogP contribution in [0.1, 0.15) is 22.0 Å². The summed E-state index contributed by atoms with van der Waals surface area (Å²) in [5.41, 5.74) is 4.40.